The molecule has 0 saturated carbocycles. The van der Waals surface area contributed by atoms with Crippen LogP contribution in [-0.2, 0) is 6.54 Å². The Morgan fingerprint density at radius 2 is 1.86 bits per heavy atom. The highest BCUT2D eigenvalue weighted by Gasteiger charge is 2.26. The summed E-state index contributed by atoms with van der Waals surface area (Å²) >= 11 is 6.16. The molecule has 35 heavy (non-hydrogen) atoms. The number of aliphatic imine (C=N–C) groups is 1. The molecular weight excluding hydrogens is 462 g/mol. The van der Waals surface area contributed by atoms with E-state index in [-0.39, 0.29) is 6.04 Å². The van der Waals surface area contributed by atoms with Gasteiger partial charge < -0.3 is 0 Å². The summed E-state index contributed by atoms with van der Waals surface area (Å²) in [5, 5.41) is 17.5. The van der Waals surface area contributed by atoms with E-state index >= 15 is 0 Å². The smallest absolute Gasteiger partial charge is 0.162 e. The van der Waals surface area contributed by atoms with Crippen molar-refractivity contribution < 1.29 is 0 Å². The molecule has 0 fully saturated rings. The lowest BCUT2D eigenvalue weighted by atomic mass is 9.96. The maximum absolute atomic E-state index is 8.41. The maximum atomic E-state index is 8.41. The van der Waals surface area contributed by atoms with Gasteiger partial charge in [-0.15, -0.1) is 10.2 Å². The number of hydrogen-bond acceptors (Lipinski definition) is 5. The van der Waals surface area contributed by atoms with Gasteiger partial charge in [0.1, 0.15) is 11.9 Å². The van der Waals surface area contributed by atoms with Crippen LogP contribution in [0.1, 0.15) is 48.6 Å². The lowest BCUT2D eigenvalue weighted by molar-refractivity contribution is 0.561. The molecule has 1 atom stereocenters. The molecule has 0 amide bonds. The van der Waals surface area contributed by atoms with Crippen molar-refractivity contribution in [2.75, 3.05) is 6.54 Å². The van der Waals surface area contributed by atoms with E-state index in [1.165, 1.54) is 0 Å². The van der Waals surface area contributed by atoms with Gasteiger partial charge in [0.25, 0.3) is 0 Å². The van der Waals surface area contributed by atoms with Gasteiger partial charge in [-0.05, 0) is 62.0 Å². The van der Waals surface area contributed by atoms with Gasteiger partial charge in [0.05, 0.1) is 17.6 Å². The van der Waals surface area contributed by atoms with Crippen molar-refractivity contribution in [3.63, 3.8) is 0 Å². The molecule has 10 heteroatoms. The third-order valence-corrected chi connectivity index (χ3v) is 6.33. The Morgan fingerprint density at radius 3 is 2.66 bits per heavy atom. The monoisotopic (exact) mass is 485 g/mol. The van der Waals surface area contributed by atoms with Gasteiger partial charge >= 0.3 is 0 Å². The van der Waals surface area contributed by atoms with Crippen molar-refractivity contribution in [3.05, 3.63) is 93.1 Å². The standard InChI is InChI=1S/C25H24ClN9/c1-16-25-32-31-17(2)35(25)23-10-7-19(20-14-29-34(15-20)12-4-3-11-28-33-27)13-22(23)24(30-16)18-5-8-21(26)9-6-18/h5-10,13-16H,3-4,11-12H2,1-2H3/t16-/m0/s1. The van der Waals surface area contributed by atoms with E-state index in [9.17, 15) is 0 Å². The summed E-state index contributed by atoms with van der Waals surface area (Å²) in [6.07, 6.45) is 5.65. The lowest BCUT2D eigenvalue weighted by Gasteiger charge is -2.14. The molecule has 5 rings (SSSR count). The van der Waals surface area contributed by atoms with Gasteiger partial charge in [-0.1, -0.05) is 34.9 Å². The van der Waals surface area contributed by atoms with Crippen LogP contribution in [0.3, 0.4) is 0 Å². The number of rotatable bonds is 7. The fourth-order valence-electron chi connectivity index (χ4n) is 4.34. The molecule has 0 saturated heterocycles. The molecule has 176 valence electrons. The molecule has 0 radical (unpaired) electrons. The number of fused-ring (bicyclic) bond motifs is 3. The van der Waals surface area contributed by atoms with Crippen LogP contribution in [0, 0.1) is 6.92 Å². The third kappa shape index (κ3) is 4.56. The van der Waals surface area contributed by atoms with E-state index in [2.05, 4.69) is 48.1 Å². The second-order valence-electron chi connectivity index (χ2n) is 8.49. The molecule has 0 aliphatic carbocycles. The van der Waals surface area contributed by atoms with Gasteiger partial charge in [0, 0.05) is 45.9 Å². The first kappa shape index (κ1) is 22.8. The van der Waals surface area contributed by atoms with Crippen LogP contribution < -0.4 is 0 Å². The van der Waals surface area contributed by atoms with E-state index < -0.39 is 0 Å². The summed E-state index contributed by atoms with van der Waals surface area (Å²) in [6.45, 7) is 5.27. The van der Waals surface area contributed by atoms with Crippen LogP contribution in [0.15, 0.2) is 65.0 Å². The van der Waals surface area contributed by atoms with Gasteiger partial charge in [0.15, 0.2) is 5.82 Å². The molecule has 2 aromatic carbocycles. The van der Waals surface area contributed by atoms with E-state index in [1.54, 1.807) is 0 Å². The average Bonchev–Trinajstić information content (AvgIpc) is 3.46. The van der Waals surface area contributed by atoms with Crippen LogP contribution in [0.4, 0.5) is 0 Å². The van der Waals surface area contributed by atoms with Crippen LogP contribution in [0.25, 0.3) is 27.3 Å². The molecule has 4 aromatic rings. The van der Waals surface area contributed by atoms with Crippen LogP contribution in [0.5, 0.6) is 0 Å². The first-order valence-electron chi connectivity index (χ1n) is 11.5. The summed E-state index contributed by atoms with van der Waals surface area (Å²) in [6, 6.07) is 14.0. The molecule has 0 bridgehead atoms. The Bertz CT molecular complexity index is 1440. The zero-order chi connectivity index (χ0) is 24.4. The minimum absolute atomic E-state index is 0.161. The largest absolute Gasteiger partial charge is 0.281 e. The molecule has 2 aromatic heterocycles. The molecule has 1 aliphatic heterocycles. The molecule has 3 heterocycles. The first-order chi connectivity index (χ1) is 17.0. The molecular formula is C25H24ClN9. The Labute approximate surface area is 207 Å². The second kappa shape index (κ2) is 9.74. The molecule has 0 spiro atoms. The van der Waals surface area contributed by atoms with Gasteiger partial charge in [0.2, 0.25) is 0 Å². The summed E-state index contributed by atoms with van der Waals surface area (Å²) in [7, 11) is 0. The van der Waals surface area contributed by atoms with Gasteiger partial charge in [-0.3, -0.25) is 14.2 Å². The number of unbranched alkanes of at least 4 members (excludes halogenated alkanes) is 1. The van der Waals surface area contributed by atoms with Crippen LogP contribution in [-0.4, -0.2) is 36.8 Å². The number of nitrogens with zero attached hydrogens (tertiary/aromatic N) is 9. The van der Waals surface area contributed by atoms with E-state index in [4.69, 9.17) is 22.1 Å². The number of halogens is 1. The number of aryl methyl sites for hydroxylation is 2. The first-order valence-corrected chi connectivity index (χ1v) is 11.9. The van der Waals surface area contributed by atoms with E-state index in [1.807, 2.05) is 55.2 Å². The minimum Gasteiger partial charge on any atom is -0.281 e. The van der Waals surface area contributed by atoms with Crippen molar-refractivity contribution in [3.8, 4) is 16.8 Å². The maximum Gasteiger partial charge on any atom is 0.162 e. The molecule has 9 nitrogen and oxygen atoms in total. The summed E-state index contributed by atoms with van der Waals surface area (Å²) in [4.78, 5) is 7.87. The van der Waals surface area contributed by atoms with E-state index in [0.29, 0.717) is 11.6 Å². The Hall–Kier alpha value is -3.94. The Kier molecular flexibility index (Phi) is 6.35. The van der Waals surface area contributed by atoms with Crippen LogP contribution >= 0.6 is 11.6 Å². The number of aromatic nitrogens is 5. The fourth-order valence-corrected chi connectivity index (χ4v) is 4.47. The molecule has 0 unspecified atom stereocenters. The Balaban J connectivity index is 1.55. The summed E-state index contributed by atoms with van der Waals surface area (Å²) in [5.41, 5.74) is 14.4. The SMILES string of the molecule is Cc1nnc2n1-c1ccc(-c3cnn(CCCCN=[N+]=[N-])c3)cc1C(c1ccc(Cl)cc1)=N[C@H]2C. The predicted octanol–water partition coefficient (Wildman–Crippen LogP) is 6.10. The van der Waals surface area contributed by atoms with Crippen molar-refractivity contribution in [2.24, 2.45) is 10.1 Å². The second-order valence-corrected chi connectivity index (χ2v) is 8.92. The highest BCUT2D eigenvalue weighted by molar-refractivity contribution is 6.30. The fraction of sp³-hybridized carbons (Fsp3) is 0.280. The summed E-state index contributed by atoms with van der Waals surface area (Å²) in [5.74, 6) is 1.64. The molecule has 0 N–H and O–H groups in total. The van der Waals surface area contributed by atoms with Crippen molar-refractivity contribution >= 4 is 17.3 Å². The highest BCUT2D eigenvalue weighted by Crippen LogP contribution is 2.33. The van der Waals surface area contributed by atoms with Gasteiger partial charge in [-0.2, -0.15) is 5.10 Å². The zero-order valence-electron chi connectivity index (χ0n) is 19.5. The number of azide groups is 1. The topological polar surface area (TPSA) is 110 Å². The Morgan fingerprint density at radius 1 is 1.06 bits per heavy atom. The zero-order valence-corrected chi connectivity index (χ0v) is 20.3. The highest BCUT2D eigenvalue weighted by atomic mass is 35.5. The van der Waals surface area contributed by atoms with Crippen molar-refractivity contribution in [1.82, 2.24) is 24.5 Å². The van der Waals surface area contributed by atoms with E-state index in [0.717, 1.165) is 64.7 Å². The van der Waals surface area contributed by atoms with Crippen molar-refractivity contribution in [1.29, 1.82) is 0 Å². The lowest BCUT2D eigenvalue weighted by Crippen LogP contribution is -2.08. The normalized spacial score (nSPS) is 14.5. The predicted molar refractivity (Wildman–Crippen MR) is 136 cm³/mol. The van der Waals surface area contributed by atoms with Gasteiger partial charge in [-0.25, -0.2) is 0 Å². The summed E-state index contributed by atoms with van der Waals surface area (Å²) < 4.78 is 4.01. The number of hydrogen-bond donors (Lipinski definition) is 0. The molecule has 1 aliphatic rings. The number of benzene rings is 2. The quantitative estimate of drug-likeness (QED) is 0.136. The minimum atomic E-state index is -0.161. The third-order valence-electron chi connectivity index (χ3n) is 6.08. The van der Waals surface area contributed by atoms with Crippen LogP contribution in [0.2, 0.25) is 5.02 Å². The van der Waals surface area contributed by atoms with Crippen molar-refractivity contribution in [2.45, 2.75) is 39.3 Å². The average molecular weight is 486 g/mol.